The summed E-state index contributed by atoms with van der Waals surface area (Å²) in [4.78, 5) is 52.6. The highest BCUT2D eigenvalue weighted by Crippen LogP contribution is 2.45. The van der Waals surface area contributed by atoms with Gasteiger partial charge in [-0.05, 0) is 134 Å². The van der Waals surface area contributed by atoms with Crippen LogP contribution in [0.3, 0.4) is 0 Å². The topological polar surface area (TPSA) is 132 Å². The van der Waals surface area contributed by atoms with Gasteiger partial charge in [-0.15, -0.1) is 0 Å². The SMILES string of the molecule is COC(=O)C(C)(C)CC(C)(CC(C)(C#N)CCC(=O)OCCOC(=O)CCc1ccc(N(c2ccc(C)c(C)c2)c2ccc(C)cc2C)cc1)C(=O)OC. The molecule has 54 heavy (non-hydrogen) atoms. The smallest absolute Gasteiger partial charge is 0.311 e. The Morgan fingerprint density at radius 1 is 0.685 bits per heavy atom. The van der Waals surface area contributed by atoms with E-state index >= 15 is 0 Å². The Morgan fingerprint density at radius 2 is 1.28 bits per heavy atom. The summed E-state index contributed by atoms with van der Waals surface area (Å²) in [6, 6.07) is 23.3. The van der Waals surface area contributed by atoms with Gasteiger partial charge in [-0.3, -0.25) is 19.2 Å². The number of rotatable bonds is 18. The number of hydrogen-bond donors (Lipinski definition) is 0. The lowest BCUT2D eigenvalue weighted by molar-refractivity contribution is -0.161. The van der Waals surface area contributed by atoms with Crippen molar-refractivity contribution in [2.75, 3.05) is 32.3 Å². The fourth-order valence-corrected chi connectivity index (χ4v) is 7.06. The molecule has 0 spiro atoms. The van der Waals surface area contributed by atoms with Crippen molar-refractivity contribution in [2.24, 2.45) is 16.2 Å². The molecule has 3 rings (SSSR count). The second kappa shape index (κ2) is 18.7. The first-order valence-corrected chi connectivity index (χ1v) is 18.3. The van der Waals surface area contributed by atoms with Gasteiger partial charge in [0, 0.05) is 29.9 Å². The predicted octanol–water partition coefficient (Wildman–Crippen LogP) is 8.88. The van der Waals surface area contributed by atoms with Crippen LogP contribution >= 0.6 is 0 Å². The minimum absolute atomic E-state index is 0.0499. The molecule has 0 radical (unpaired) electrons. The van der Waals surface area contributed by atoms with Gasteiger partial charge in [-0.1, -0.05) is 35.9 Å². The zero-order chi connectivity index (χ0) is 40.3. The largest absolute Gasteiger partial charge is 0.469 e. The van der Waals surface area contributed by atoms with Crippen LogP contribution in [-0.4, -0.2) is 51.3 Å². The molecule has 2 atom stereocenters. The molecule has 3 aromatic carbocycles. The number of methoxy groups -OCH3 is 2. The van der Waals surface area contributed by atoms with Crippen LogP contribution in [0.2, 0.25) is 0 Å². The zero-order valence-corrected chi connectivity index (χ0v) is 33.6. The number of nitriles is 1. The number of carbonyl (C=O) groups is 4. The lowest BCUT2D eigenvalue weighted by atomic mass is 9.65. The second-order valence-electron chi connectivity index (χ2n) is 15.5. The summed E-state index contributed by atoms with van der Waals surface area (Å²) in [5.41, 5.74) is 5.66. The van der Waals surface area contributed by atoms with Crippen molar-refractivity contribution in [3.63, 3.8) is 0 Å². The van der Waals surface area contributed by atoms with Gasteiger partial charge in [0.1, 0.15) is 13.2 Å². The highest BCUT2D eigenvalue weighted by Gasteiger charge is 2.47. The number of hydrogen-bond acceptors (Lipinski definition) is 10. The van der Waals surface area contributed by atoms with Gasteiger partial charge in [-0.25, -0.2) is 0 Å². The summed E-state index contributed by atoms with van der Waals surface area (Å²) in [5.74, 6) is -2.01. The van der Waals surface area contributed by atoms with Crippen molar-refractivity contribution < 1.29 is 38.1 Å². The van der Waals surface area contributed by atoms with Crippen LogP contribution in [0.4, 0.5) is 17.1 Å². The predicted molar refractivity (Wildman–Crippen MR) is 208 cm³/mol. The molecule has 290 valence electrons. The van der Waals surface area contributed by atoms with E-state index in [1.54, 1.807) is 27.7 Å². The Balaban J connectivity index is 1.51. The Labute approximate surface area is 320 Å². The number of benzene rings is 3. The van der Waals surface area contributed by atoms with Crippen molar-refractivity contribution >= 4 is 40.9 Å². The van der Waals surface area contributed by atoms with E-state index in [1.165, 1.54) is 36.5 Å². The fourth-order valence-electron chi connectivity index (χ4n) is 7.06. The quantitative estimate of drug-likeness (QED) is 0.0708. The highest BCUT2D eigenvalue weighted by molar-refractivity contribution is 5.81. The number of carbonyl (C=O) groups excluding carboxylic acids is 4. The van der Waals surface area contributed by atoms with E-state index in [4.69, 9.17) is 18.9 Å². The maximum Gasteiger partial charge on any atom is 0.311 e. The average Bonchev–Trinajstić information content (AvgIpc) is 3.13. The van der Waals surface area contributed by atoms with Gasteiger partial charge in [0.15, 0.2) is 0 Å². The van der Waals surface area contributed by atoms with E-state index in [0.717, 1.165) is 22.6 Å². The van der Waals surface area contributed by atoms with Crippen LogP contribution in [0.25, 0.3) is 0 Å². The highest BCUT2D eigenvalue weighted by atomic mass is 16.6. The van der Waals surface area contributed by atoms with Gasteiger partial charge >= 0.3 is 23.9 Å². The van der Waals surface area contributed by atoms with E-state index in [1.807, 2.05) is 12.1 Å². The summed E-state index contributed by atoms with van der Waals surface area (Å²) in [5, 5.41) is 10.0. The summed E-state index contributed by atoms with van der Waals surface area (Å²) in [6.45, 7) is 14.8. The molecule has 0 aromatic heterocycles. The van der Waals surface area contributed by atoms with E-state index in [9.17, 15) is 24.4 Å². The summed E-state index contributed by atoms with van der Waals surface area (Å²) in [6.07, 6.45) is 0.805. The monoisotopic (exact) mass is 740 g/mol. The molecule has 10 nitrogen and oxygen atoms in total. The van der Waals surface area contributed by atoms with Gasteiger partial charge < -0.3 is 23.8 Å². The molecule has 0 bridgehead atoms. The van der Waals surface area contributed by atoms with Crippen LogP contribution in [0, 0.1) is 55.3 Å². The average molecular weight is 741 g/mol. The first-order valence-electron chi connectivity index (χ1n) is 18.3. The Bertz CT molecular complexity index is 1840. The molecule has 0 aliphatic carbocycles. The Kier molecular flexibility index (Phi) is 15.0. The minimum Gasteiger partial charge on any atom is -0.469 e. The van der Waals surface area contributed by atoms with Gasteiger partial charge in [0.05, 0.1) is 36.5 Å². The molecule has 0 saturated carbocycles. The fraction of sp³-hybridized carbons (Fsp3) is 0.477. The van der Waals surface area contributed by atoms with Gasteiger partial charge in [0.2, 0.25) is 0 Å². The molecule has 0 aliphatic rings. The summed E-state index contributed by atoms with van der Waals surface area (Å²) >= 11 is 0. The minimum atomic E-state index is -1.20. The molecule has 0 aliphatic heterocycles. The third kappa shape index (κ3) is 11.7. The number of esters is 4. The number of ether oxygens (including phenoxy) is 4. The Morgan fingerprint density at radius 3 is 1.83 bits per heavy atom. The van der Waals surface area contributed by atoms with Crippen LogP contribution < -0.4 is 4.90 Å². The molecule has 0 amide bonds. The van der Waals surface area contributed by atoms with Crippen molar-refractivity contribution in [1.82, 2.24) is 0 Å². The van der Waals surface area contributed by atoms with E-state index in [2.05, 4.69) is 87.2 Å². The maximum absolute atomic E-state index is 12.9. The first kappa shape index (κ1) is 43.2. The molecule has 0 N–H and O–H groups in total. The van der Waals surface area contributed by atoms with Crippen molar-refractivity contribution in [1.29, 1.82) is 5.26 Å². The van der Waals surface area contributed by atoms with E-state index < -0.39 is 40.1 Å². The second-order valence-corrected chi connectivity index (χ2v) is 15.5. The molecule has 0 saturated heterocycles. The summed E-state index contributed by atoms with van der Waals surface area (Å²) in [7, 11) is 2.53. The molecule has 0 heterocycles. The van der Waals surface area contributed by atoms with Crippen LogP contribution in [0.1, 0.15) is 87.6 Å². The Hall–Kier alpha value is -5.17. The van der Waals surface area contributed by atoms with Crippen molar-refractivity contribution in [2.45, 2.75) is 93.9 Å². The summed E-state index contributed by atoms with van der Waals surface area (Å²) < 4.78 is 20.5. The molecular formula is C44H56N2O8. The molecule has 3 aromatic rings. The van der Waals surface area contributed by atoms with Crippen LogP contribution in [-0.2, 0) is 44.5 Å². The molecule has 0 fully saturated rings. The van der Waals surface area contributed by atoms with Gasteiger partial charge in [-0.2, -0.15) is 5.26 Å². The normalized spacial score (nSPS) is 13.4. The molecule has 2 unspecified atom stereocenters. The lowest BCUT2D eigenvalue weighted by Crippen LogP contribution is -2.41. The van der Waals surface area contributed by atoms with E-state index in [0.29, 0.717) is 6.42 Å². The molecular weight excluding hydrogens is 684 g/mol. The zero-order valence-electron chi connectivity index (χ0n) is 33.6. The standard InChI is InChI=1S/C44H56N2O8/c1-30-11-19-37(33(4)25-30)46(36-16-12-31(2)32(3)26-36)35-17-13-34(14-18-35)15-20-38(47)53-23-24-54-39(48)21-22-43(7,29-45)28-44(8,41(50)52-10)27-42(5,6)40(49)51-9/h11-14,16-19,25-26H,15,20-24,27-28H2,1-10H3. The van der Waals surface area contributed by atoms with Crippen LogP contribution in [0.15, 0.2) is 60.7 Å². The van der Waals surface area contributed by atoms with Crippen molar-refractivity contribution in [3.8, 4) is 6.07 Å². The number of nitrogens with zero attached hydrogens (tertiary/aromatic N) is 2. The third-order valence-corrected chi connectivity index (χ3v) is 9.94. The number of anilines is 3. The third-order valence-electron chi connectivity index (χ3n) is 9.94. The number of aryl methyl sites for hydroxylation is 5. The first-order chi connectivity index (χ1) is 25.4. The van der Waals surface area contributed by atoms with E-state index in [-0.39, 0.29) is 45.3 Å². The lowest BCUT2D eigenvalue weighted by Gasteiger charge is -2.38. The van der Waals surface area contributed by atoms with Crippen LogP contribution in [0.5, 0.6) is 0 Å². The van der Waals surface area contributed by atoms with Gasteiger partial charge in [0.25, 0.3) is 0 Å². The maximum atomic E-state index is 12.9. The van der Waals surface area contributed by atoms with Crippen molar-refractivity contribution in [3.05, 3.63) is 88.5 Å². The molecule has 10 heteroatoms.